The van der Waals surface area contributed by atoms with Crippen LogP contribution in [0, 0.1) is 17.8 Å². The van der Waals surface area contributed by atoms with Crippen LogP contribution in [0.2, 0.25) is 5.02 Å². The number of halogens is 1. The largest absolute Gasteiger partial charge is 0.272 e. The third kappa shape index (κ3) is 2.66. The molecule has 1 N–H and O–H groups in total. The van der Waals surface area contributed by atoms with Gasteiger partial charge in [-0.2, -0.15) is 5.10 Å². The fourth-order valence-electron chi connectivity index (χ4n) is 3.37. The first-order chi connectivity index (χ1) is 9.24. The van der Waals surface area contributed by atoms with Gasteiger partial charge in [-0.3, -0.25) is 4.79 Å². The van der Waals surface area contributed by atoms with Crippen LogP contribution in [-0.4, -0.2) is 12.1 Å². The number of fused-ring (bicyclic) bond motifs is 2. The highest BCUT2D eigenvalue weighted by Crippen LogP contribution is 2.47. The molecule has 0 heterocycles. The van der Waals surface area contributed by atoms with E-state index in [-0.39, 0.29) is 5.91 Å². The maximum Gasteiger partial charge on any atom is 0.272 e. The summed E-state index contributed by atoms with van der Waals surface area (Å²) >= 11 is 5.96. The van der Waals surface area contributed by atoms with E-state index in [4.69, 9.17) is 11.6 Å². The van der Waals surface area contributed by atoms with Crippen molar-refractivity contribution in [2.75, 3.05) is 0 Å². The zero-order chi connectivity index (χ0) is 13.2. The molecule has 1 aromatic carbocycles. The lowest BCUT2D eigenvalue weighted by molar-refractivity contribution is 0.0955. The number of carbonyl (C=O) groups is 1. The Bertz CT molecular complexity index is 515. The molecule has 3 atom stereocenters. The van der Waals surface area contributed by atoms with Crippen LogP contribution >= 0.6 is 11.6 Å². The first-order valence-electron chi connectivity index (χ1n) is 6.82. The zero-order valence-electron chi connectivity index (χ0n) is 10.7. The maximum atomic E-state index is 11.9. The highest BCUT2D eigenvalue weighted by molar-refractivity contribution is 6.33. The molecular weight excluding hydrogens is 260 g/mol. The molecule has 100 valence electrons. The van der Waals surface area contributed by atoms with Gasteiger partial charge in [0.05, 0.1) is 10.6 Å². The molecule has 0 saturated heterocycles. The second kappa shape index (κ2) is 5.33. The van der Waals surface area contributed by atoms with Crippen molar-refractivity contribution in [2.45, 2.75) is 25.7 Å². The molecule has 0 radical (unpaired) electrons. The van der Waals surface area contributed by atoms with Crippen molar-refractivity contribution in [3.8, 4) is 0 Å². The quantitative estimate of drug-likeness (QED) is 0.666. The highest BCUT2D eigenvalue weighted by Gasteiger charge is 2.38. The van der Waals surface area contributed by atoms with Gasteiger partial charge in [-0.1, -0.05) is 30.2 Å². The Labute approximate surface area is 118 Å². The zero-order valence-corrected chi connectivity index (χ0v) is 11.4. The smallest absolute Gasteiger partial charge is 0.267 e. The second-order valence-electron chi connectivity index (χ2n) is 5.54. The number of benzene rings is 1. The summed E-state index contributed by atoms with van der Waals surface area (Å²) < 4.78 is 0. The predicted molar refractivity (Wildman–Crippen MR) is 76.3 cm³/mol. The molecule has 3 unspecified atom stereocenters. The highest BCUT2D eigenvalue weighted by atomic mass is 35.5. The van der Waals surface area contributed by atoms with E-state index in [0.717, 1.165) is 11.8 Å². The van der Waals surface area contributed by atoms with Crippen LogP contribution in [0.25, 0.3) is 0 Å². The minimum atomic E-state index is -0.245. The van der Waals surface area contributed by atoms with E-state index in [1.165, 1.54) is 25.7 Å². The average Bonchev–Trinajstić information content (AvgIpc) is 3.01. The van der Waals surface area contributed by atoms with Crippen LogP contribution in [0.15, 0.2) is 29.4 Å². The summed E-state index contributed by atoms with van der Waals surface area (Å²) in [5, 5.41) is 4.56. The van der Waals surface area contributed by atoms with E-state index in [1.54, 1.807) is 24.3 Å². The van der Waals surface area contributed by atoms with Gasteiger partial charge in [0.2, 0.25) is 0 Å². The fourth-order valence-corrected chi connectivity index (χ4v) is 3.60. The molecule has 2 aliphatic rings. The van der Waals surface area contributed by atoms with E-state index in [1.807, 2.05) is 6.21 Å². The van der Waals surface area contributed by atoms with Gasteiger partial charge in [0, 0.05) is 6.21 Å². The number of carbonyl (C=O) groups excluding carboxylic acids is 1. The van der Waals surface area contributed by atoms with Gasteiger partial charge < -0.3 is 0 Å². The lowest BCUT2D eigenvalue weighted by Crippen LogP contribution is -2.20. The van der Waals surface area contributed by atoms with E-state index < -0.39 is 0 Å². The molecule has 3 nitrogen and oxygen atoms in total. The molecule has 0 aromatic heterocycles. The SMILES string of the molecule is O=C(N/N=C/C1CC2CCC1C2)c1ccccc1Cl. The molecule has 0 aliphatic heterocycles. The van der Waals surface area contributed by atoms with Crippen molar-refractivity contribution in [2.24, 2.45) is 22.9 Å². The Kier molecular flexibility index (Phi) is 3.56. The Hall–Kier alpha value is -1.35. The number of amides is 1. The first-order valence-corrected chi connectivity index (χ1v) is 7.20. The lowest BCUT2D eigenvalue weighted by atomic mass is 9.90. The van der Waals surface area contributed by atoms with Crippen molar-refractivity contribution in [1.29, 1.82) is 0 Å². The summed E-state index contributed by atoms with van der Waals surface area (Å²) in [5.41, 5.74) is 3.04. The van der Waals surface area contributed by atoms with Crippen LogP contribution in [-0.2, 0) is 0 Å². The molecule has 2 bridgehead atoms. The van der Waals surface area contributed by atoms with Crippen molar-refractivity contribution < 1.29 is 4.79 Å². The van der Waals surface area contributed by atoms with Crippen molar-refractivity contribution in [1.82, 2.24) is 5.43 Å². The van der Waals surface area contributed by atoms with Crippen LogP contribution < -0.4 is 5.43 Å². The number of nitrogens with zero attached hydrogens (tertiary/aromatic N) is 1. The molecule has 2 saturated carbocycles. The Morgan fingerprint density at radius 3 is 2.84 bits per heavy atom. The molecule has 2 aliphatic carbocycles. The van der Waals surface area contributed by atoms with E-state index in [0.29, 0.717) is 16.5 Å². The predicted octanol–water partition coefficient (Wildman–Crippen LogP) is 3.49. The van der Waals surface area contributed by atoms with Gasteiger partial charge >= 0.3 is 0 Å². The summed E-state index contributed by atoms with van der Waals surface area (Å²) in [6.45, 7) is 0. The van der Waals surface area contributed by atoms with E-state index in [9.17, 15) is 4.79 Å². The topological polar surface area (TPSA) is 41.5 Å². The number of hydrogen-bond acceptors (Lipinski definition) is 2. The Morgan fingerprint density at radius 1 is 1.32 bits per heavy atom. The molecule has 2 fully saturated rings. The normalized spacial score (nSPS) is 29.0. The van der Waals surface area contributed by atoms with Crippen LogP contribution in [0.1, 0.15) is 36.0 Å². The minimum Gasteiger partial charge on any atom is -0.267 e. The van der Waals surface area contributed by atoms with Crippen molar-refractivity contribution in [3.63, 3.8) is 0 Å². The molecule has 4 heteroatoms. The Morgan fingerprint density at radius 2 is 2.16 bits per heavy atom. The molecule has 1 aromatic rings. The summed E-state index contributed by atoms with van der Waals surface area (Å²) in [6.07, 6.45) is 7.19. The Balaban J connectivity index is 1.58. The third-order valence-corrected chi connectivity index (χ3v) is 4.67. The van der Waals surface area contributed by atoms with Crippen LogP contribution in [0.4, 0.5) is 0 Å². The standard InChI is InChI=1S/C15H17ClN2O/c16-14-4-2-1-3-13(14)15(19)18-17-9-12-8-10-5-6-11(12)7-10/h1-4,9-12H,5-8H2,(H,18,19)/b17-9+. The number of hydrazone groups is 1. The second-order valence-corrected chi connectivity index (χ2v) is 5.94. The minimum absolute atomic E-state index is 0.245. The molecule has 1 amide bonds. The molecule has 19 heavy (non-hydrogen) atoms. The van der Waals surface area contributed by atoms with Crippen molar-refractivity contribution >= 4 is 23.7 Å². The summed E-state index contributed by atoms with van der Waals surface area (Å²) in [4.78, 5) is 11.9. The first kappa shape index (κ1) is 12.7. The number of hydrogen-bond donors (Lipinski definition) is 1. The summed E-state index contributed by atoms with van der Waals surface area (Å²) in [7, 11) is 0. The van der Waals surface area contributed by atoms with Gasteiger partial charge in [-0.25, -0.2) is 5.43 Å². The molecule has 0 spiro atoms. The third-order valence-electron chi connectivity index (χ3n) is 4.34. The van der Waals surface area contributed by atoms with Crippen LogP contribution in [0.3, 0.4) is 0 Å². The molecule has 3 rings (SSSR count). The monoisotopic (exact) mass is 276 g/mol. The number of rotatable bonds is 3. The molecular formula is C15H17ClN2O. The van der Waals surface area contributed by atoms with Gasteiger partial charge in [0.15, 0.2) is 0 Å². The number of nitrogens with one attached hydrogen (secondary N) is 1. The van der Waals surface area contributed by atoms with E-state index in [2.05, 4.69) is 10.5 Å². The maximum absolute atomic E-state index is 11.9. The fraction of sp³-hybridized carbons (Fsp3) is 0.467. The van der Waals surface area contributed by atoms with Gasteiger partial charge in [-0.05, 0) is 49.1 Å². The summed E-state index contributed by atoms with van der Waals surface area (Å²) in [6, 6.07) is 7.00. The van der Waals surface area contributed by atoms with Crippen molar-refractivity contribution in [3.05, 3.63) is 34.9 Å². The summed E-state index contributed by atoms with van der Waals surface area (Å²) in [5.74, 6) is 1.97. The van der Waals surface area contributed by atoms with Gasteiger partial charge in [0.25, 0.3) is 5.91 Å². The average molecular weight is 277 g/mol. The van der Waals surface area contributed by atoms with E-state index >= 15 is 0 Å². The van der Waals surface area contributed by atoms with Crippen LogP contribution in [0.5, 0.6) is 0 Å². The van der Waals surface area contributed by atoms with Gasteiger partial charge in [0.1, 0.15) is 0 Å². The lowest BCUT2D eigenvalue weighted by Gasteiger charge is -2.16. The van der Waals surface area contributed by atoms with Gasteiger partial charge in [-0.15, -0.1) is 0 Å².